The normalized spacial score (nSPS) is 17.3. The molecule has 0 spiro atoms. The molecule has 1 aliphatic heterocycles. The predicted molar refractivity (Wildman–Crippen MR) is 149 cm³/mol. The third-order valence-electron chi connectivity index (χ3n) is 7.64. The molecule has 2 fully saturated rings. The van der Waals surface area contributed by atoms with E-state index in [1.54, 1.807) is 12.1 Å². The highest BCUT2D eigenvalue weighted by Crippen LogP contribution is 2.45. The molecule has 0 bridgehead atoms. The summed E-state index contributed by atoms with van der Waals surface area (Å²) >= 11 is 0. The van der Waals surface area contributed by atoms with E-state index >= 15 is 0 Å². The van der Waals surface area contributed by atoms with Gasteiger partial charge in [0.05, 0.1) is 30.1 Å². The van der Waals surface area contributed by atoms with Crippen LogP contribution in [0.2, 0.25) is 0 Å². The molecule has 2 heterocycles. The second-order valence-electron chi connectivity index (χ2n) is 10.1. The van der Waals surface area contributed by atoms with Crippen molar-refractivity contribution in [1.29, 1.82) is 0 Å². The minimum Gasteiger partial charge on any atom is -0.490 e. The number of nitrogens with one attached hydrogen (secondary N) is 2. The summed E-state index contributed by atoms with van der Waals surface area (Å²) in [5, 5.41) is 1.01. The molecule has 37 heavy (non-hydrogen) atoms. The first-order chi connectivity index (χ1) is 17.9. The number of hydrogen-bond acceptors (Lipinski definition) is 5. The van der Waals surface area contributed by atoms with Crippen LogP contribution in [0, 0.1) is 0 Å². The fraction of sp³-hybridized carbons (Fsp3) is 0.500. The first-order valence-corrected chi connectivity index (χ1v) is 14.9. The maximum atomic E-state index is 12.6. The van der Waals surface area contributed by atoms with Crippen LogP contribution in [0.5, 0.6) is 5.75 Å². The van der Waals surface area contributed by atoms with Gasteiger partial charge in [0.2, 0.25) is 0 Å². The molecule has 1 saturated heterocycles. The molecule has 9 heteroatoms. The molecule has 0 atom stereocenters. The van der Waals surface area contributed by atoms with Crippen LogP contribution in [-0.2, 0) is 14.9 Å². The van der Waals surface area contributed by atoms with Crippen LogP contribution >= 0.6 is 0 Å². The minimum atomic E-state index is -3.65. The molecule has 0 radical (unpaired) electrons. The number of aromatic nitrogens is 1. The van der Waals surface area contributed by atoms with Crippen LogP contribution in [-0.4, -0.2) is 38.3 Å². The Morgan fingerprint density at radius 1 is 1.05 bits per heavy atom. The van der Waals surface area contributed by atoms with Gasteiger partial charge in [-0.25, -0.2) is 0 Å². The van der Waals surface area contributed by atoms with Crippen molar-refractivity contribution in [1.82, 2.24) is 9.29 Å². The number of rotatable bonds is 10. The fourth-order valence-corrected chi connectivity index (χ4v) is 6.53. The average molecular weight is 527 g/mol. The minimum absolute atomic E-state index is 0.0879. The van der Waals surface area contributed by atoms with E-state index in [4.69, 9.17) is 15.2 Å². The van der Waals surface area contributed by atoms with E-state index in [9.17, 15) is 8.42 Å². The monoisotopic (exact) mass is 526 g/mol. The number of anilines is 2. The van der Waals surface area contributed by atoms with Gasteiger partial charge in [0, 0.05) is 47.6 Å². The van der Waals surface area contributed by atoms with Gasteiger partial charge < -0.3 is 19.8 Å². The van der Waals surface area contributed by atoms with Crippen LogP contribution in [0.15, 0.2) is 42.5 Å². The topological polar surface area (TPSA) is 108 Å². The van der Waals surface area contributed by atoms with Gasteiger partial charge in [0.15, 0.2) is 0 Å². The molecule has 0 amide bonds. The summed E-state index contributed by atoms with van der Waals surface area (Å²) in [6, 6.07) is 14.0. The van der Waals surface area contributed by atoms with Gasteiger partial charge in [-0.1, -0.05) is 26.0 Å². The summed E-state index contributed by atoms with van der Waals surface area (Å²) in [4.78, 5) is 0. The van der Waals surface area contributed by atoms with E-state index < -0.39 is 10.2 Å². The predicted octanol–water partition coefficient (Wildman–Crippen LogP) is 5.61. The van der Waals surface area contributed by atoms with Crippen molar-refractivity contribution in [2.75, 3.05) is 23.7 Å². The van der Waals surface area contributed by atoms with Gasteiger partial charge in [0.1, 0.15) is 11.9 Å². The third kappa shape index (κ3) is 5.58. The first kappa shape index (κ1) is 25.9. The molecule has 3 aromatic rings. The molecular weight excluding hydrogens is 488 g/mol. The Balaban J connectivity index is 1.45. The summed E-state index contributed by atoms with van der Waals surface area (Å²) in [6.07, 6.45) is 6.88. The van der Waals surface area contributed by atoms with Crippen molar-refractivity contribution in [3.63, 3.8) is 0 Å². The van der Waals surface area contributed by atoms with Gasteiger partial charge in [-0.2, -0.15) is 13.1 Å². The van der Waals surface area contributed by atoms with Crippen molar-refractivity contribution in [2.24, 2.45) is 0 Å². The Hall–Kier alpha value is -2.75. The zero-order valence-corrected chi connectivity index (χ0v) is 22.5. The van der Waals surface area contributed by atoms with Crippen molar-refractivity contribution < 1.29 is 17.9 Å². The first-order valence-electron chi connectivity index (χ1n) is 13.5. The molecule has 2 aliphatic rings. The Morgan fingerprint density at radius 2 is 1.76 bits per heavy atom. The van der Waals surface area contributed by atoms with Crippen molar-refractivity contribution in [2.45, 2.75) is 77.0 Å². The highest BCUT2D eigenvalue weighted by molar-refractivity contribution is 7.90. The van der Waals surface area contributed by atoms with Crippen LogP contribution in [0.25, 0.3) is 22.2 Å². The lowest BCUT2D eigenvalue weighted by atomic mass is 9.92. The second-order valence-corrected chi connectivity index (χ2v) is 11.6. The van der Waals surface area contributed by atoms with E-state index in [0.29, 0.717) is 11.7 Å². The average Bonchev–Trinajstić information content (AvgIpc) is 3.14. The van der Waals surface area contributed by atoms with E-state index in [-0.39, 0.29) is 12.1 Å². The summed E-state index contributed by atoms with van der Waals surface area (Å²) < 4.78 is 44.6. The Kier molecular flexibility index (Phi) is 7.65. The molecule has 1 aromatic heterocycles. The van der Waals surface area contributed by atoms with Crippen LogP contribution in [0.4, 0.5) is 11.4 Å². The fourth-order valence-electron chi connectivity index (χ4n) is 5.25. The summed E-state index contributed by atoms with van der Waals surface area (Å²) in [5.41, 5.74) is 11.0. The summed E-state index contributed by atoms with van der Waals surface area (Å²) in [7, 11) is -3.65. The lowest BCUT2D eigenvalue weighted by Crippen LogP contribution is -2.37. The van der Waals surface area contributed by atoms with Crippen molar-refractivity contribution >= 4 is 32.5 Å². The van der Waals surface area contributed by atoms with Gasteiger partial charge in [-0.15, -0.1) is 0 Å². The molecule has 1 aliphatic carbocycles. The molecule has 1 saturated carbocycles. The van der Waals surface area contributed by atoms with Crippen molar-refractivity contribution in [3.8, 4) is 17.0 Å². The molecular formula is C28H38N4O4S. The van der Waals surface area contributed by atoms with E-state index in [2.05, 4.69) is 26.1 Å². The van der Waals surface area contributed by atoms with E-state index in [0.717, 1.165) is 85.3 Å². The van der Waals surface area contributed by atoms with Crippen molar-refractivity contribution in [3.05, 3.63) is 42.5 Å². The standard InChI is InChI=1S/C28H38N4O4S/c1-3-20(4-2)30-37(33,34)31-21-10-8-19(9-11-21)28-27(29)25-13-12-24(36-23-14-16-35-17-15-23)18-26(25)32(28)22-6-5-7-22/h8-13,18,20,22-23,30-31H,3-7,14-17,29H2,1-2H3. The number of nitrogens with zero attached hydrogens (tertiary/aromatic N) is 1. The smallest absolute Gasteiger partial charge is 0.299 e. The highest BCUT2D eigenvalue weighted by Gasteiger charge is 2.27. The summed E-state index contributed by atoms with van der Waals surface area (Å²) in [6.45, 7) is 5.42. The van der Waals surface area contributed by atoms with E-state index in [1.807, 2.05) is 32.0 Å². The lowest BCUT2D eigenvalue weighted by Gasteiger charge is -2.30. The molecule has 2 aromatic carbocycles. The maximum absolute atomic E-state index is 12.6. The zero-order chi connectivity index (χ0) is 26.0. The molecule has 200 valence electrons. The number of nitrogen functional groups attached to an aromatic ring is 1. The SMILES string of the molecule is CCC(CC)NS(=O)(=O)Nc1ccc(-c2c(N)c3ccc(OC4CCOCC4)cc3n2C2CCC2)cc1. The van der Waals surface area contributed by atoms with Crippen LogP contribution < -0.4 is 19.9 Å². The number of nitrogens with two attached hydrogens (primary N) is 1. The Morgan fingerprint density at radius 3 is 2.38 bits per heavy atom. The summed E-state index contributed by atoms with van der Waals surface area (Å²) in [5.74, 6) is 0.860. The molecule has 5 rings (SSSR count). The van der Waals surface area contributed by atoms with Gasteiger partial charge in [0.25, 0.3) is 10.2 Å². The van der Waals surface area contributed by atoms with Gasteiger partial charge in [-0.05, 0) is 56.4 Å². The maximum Gasteiger partial charge on any atom is 0.299 e. The molecule has 4 N–H and O–H groups in total. The number of hydrogen-bond donors (Lipinski definition) is 3. The van der Waals surface area contributed by atoms with E-state index in [1.165, 1.54) is 6.42 Å². The quantitative estimate of drug-likeness (QED) is 0.318. The molecule has 0 unspecified atom stereocenters. The van der Waals surface area contributed by atoms with Crippen LogP contribution in [0.1, 0.15) is 64.8 Å². The molecule has 8 nitrogen and oxygen atoms in total. The van der Waals surface area contributed by atoms with Gasteiger partial charge in [-0.3, -0.25) is 4.72 Å². The van der Waals surface area contributed by atoms with Gasteiger partial charge >= 0.3 is 0 Å². The lowest BCUT2D eigenvalue weighted by molar-refractivity contribution is 0.0256. The van der Waals surface area contributed by atoms with Crippen LogP contribution in [0.3, 0.4) is 0 Å². The zero-order valence-electron chi connectivity index (χ0n) is 21.7. The highest BCUT2D eigenvalue weighted by atomic mass is 32.2. The number of benzene rings is 2. The second kappa shape index (κ2) is 10.9. The Labute approximate surface area is 219 Å². The number of fused-ring (bicyclic) bond motifs is 1. The third-order valence-corrected chi connectivity index (χ3v) is 8.79. The number of ether oxygens (including phenoxy) is 2. The Bertz CT molecular complexity index is 1320. The largest absolute Gasteiger partial charge is 0.490 e.